The van der Waals surface area contributed by atoms with E-state index >= 15 is 0 Å². The van der Waals surface area contributed by atoms with E-state index in [4.69, 9.17) is 5.73 Å². The van der Waals surface area contributed by atoms with Gasteiger partial charge in [0.05, 0.1) is 28.4 Å². The molecule has 11 heavy (non-hydrogen) atoms. The molecule has 1 amide bonds. The van der Waals surface area contributed by atoms with E-state index < -0.39 is 0 Å². The molecule has 0 unspecified atom stereocenters. The van der Waals surface area contributed by atoms with Crippen molar-refractivity contribution in [2.45, 2.75) is 0 Å². The zero-order valence-electron chi connectivity index (χ0n) is 5.67. The molecule has 1 aromatic carbocycles. The Morgan fingerprint density at radius 3 is 2.64 bits per heavy atom. The number of rotatable bonds is 1. The van der Waals surface area contributed by atoms with Gasteiger partial charge in [-0.05, 0) is 12.1 Å². The highest BCUT2D eigenvalue weighted by Gasteiger charge is 2.05. The minimum absolute atomic E-state index is 0.163. The molecule has 0 aliphatic rings. The largest absolute Gasteiger partial charge is 0.398 e. The van der Waals surface area contributed by atoms with E-state index in [1.807, 2.05) is 0 Å². The van der Waals surface area contributed by atoms with Gasteiger partial charge in [0.1, 0.15) is 0 Å². The number of nitrogen functional groups attached to an aromatic ring is 1. The molecule has 0 bridgehead atoms. The first kappa shape index (κ1) is 8.32. The van der Waals surface area contributed by atoms with Gasteiger partial charge in [-0.15, -0.1) is 0 Å². The maximum atomic E-state index is 11.0. The van der Waals surface area contributed by atoms with Crippen molar-refractivity contribution in [2.75, 3.05) is 5.73 Å². The summed E-state index contributed by atoms with van der Waals surface area (Å²) in [5, 5.41) is 0. The Hall–Kier alpha value is -0.780. The van der Waals surface area contributed by atoms with Gasteiger partial charge in [-0.2, -0.15) is 0 Å². The van der Waals surface area contributed by atoms with Crippen molar-refractivity contribution >= 4 is 34.5 Å². The Kier molecular flexibility index (Phi) is 2.70. The van der Waals surface area contributed by atoms with Gasteiger partial charge >= 0.3 is 0 Å². The number of halogens is 1. The van der Waals surface area contributed by atoms with Crippen LogP contribution in [0.1, 0.15) is 10.4 Å². The van der Waals surface area contributed by atoms with Gasteiger partial charge < -0.3 is 5.73 Å². The van der Waals surface area contributed by atoms with Gasteiger partial charge in [0.2, 0.25) is 0 Å². The molecule has 0 aliphatic heterocycles. The minimum Gasteiger partial charge on any atom is -0.398 e. The van der Waals surface area contributed by atoms with Crippen LogP contribution in [0.2, 0.25) is 0 Å². The lowest BCUT2D eigenvalue weighted by Crippen LogP contribution is -2.13. The average molecular weight is 262 g/mol. The summed E-state index contributed by atoms with van der Waals surface area (Å²) in [6, 6.07) is 6.95. The Bertz CT molecular complexity index is 275. The second-order valence-electron chi connectivity index (χ2n) is 2.01. The molecule has 0 atom stereocenters. The second-order valence-corrected chi connectivity index (χ2v) is 2.55. The van der Waals surface area contributed by atoms with Crippen molar-refractivity contribution in [3.8, 4) is 0 Å². The fourth-order valence-corrected chi connectivity index (χ4v) is 1.05. The predicted molar refractivity (Wildman–Crippen MR) is 52.3 cm³/mol. The molecular formula is C7H7IN2O. The molecule has 0 fully saturated rings. The summed E-state index contributed by atoms with van der Waals surface area (Å²) in [5.41, 5.74) is 6.55. The fraction of sp³-hybridized carbons (Fsp3) is 0. The van der Waals surface area contributed by atoms with Crippen LogP contribution in [0.15, 0.2) is 24.3 Å². The van der Waals surface area contributed by atoms with E-state index in [0.717, 1.165) is 0 Å². The topological polar surface area (TPSA) is 55.1 Å². The first-order chi connectivity index (χ1) is 5.25. The van der Waals surface area contributed by atoms with Gasteiger partial charge in [0.25, 0.3) is 5.91 Å². The summed E-state index contributed by atoms with van der Waals surface area (Å²) < 4.78 is 2.47. The third-order valence-corrected chi connectivity index (χ3v) is 1.78. The second kappa shape index (κ2) is 3.56. The molecular weight excluding hydrogens is 255 g/mol. The number of hydrogen-bond donors (Lipinski definition) is 2. The van der Waals surface area contributed by atoms with E-state index in [-0.39, 0.29) is 5.91 Å². The summed E-state index contributed by atoms with van der Waals surface area (Å²) in [5.74, 6) is -0.163. The van der Waals surface area contributed by atoms with Crippen LogP contribution in [0, 0.1) is 0 Å². The maximum Gasteiger partial charge on any atom is 0.261 e. The number of para-hydroxylation sites is 1. The molecule has 58 valence electrons. The fourth-order valence-electron chi connectivity index (χ4n) is 0.755. The van der Waals surface area contributed by atoms with Gasteiger partial charge in [0.15, 0.2) is 0 Å². The van der Waals surface area contributed by atoms with Gasteiger partial charge in [-0.3, -0.25) is 8.32 Å². The van der Waals surface area contributed by atoms with E-state index in [0.29, 0.717) is 11.3 Å². The quantitative estimate of drug-likeness (QED) is 0.456. The number of anilines is 1. The van der Waals surface area contributed by atoms with Crippen LogP contribution in [0.25, 0.3) is 0 Å². The standard InChI is InChI=1S/C7H7IN2O/c8-10-7(11)5-3-1-2-4-6(5)9/h1-4H,9H2,(H,10,11). The molecule has 0 spiro atoms. The van der Waals surface area contributed by atoms with Gasteiger partial charge in [-0.1, -0.05) is 12.1 Å². The normalized spacial score (nSPS) is 9.18. The zero-order valence-corrected chi connectivity index (χ0v) is 7.83. The molecule has 3 nitrogen and oxygen atoms in total. The highest BCUT2D eigenvalue weighted by molar-refractivity contribution is 14.1. The number of nitrogens with two attached hydrogens (primary N) is 1. The SMILES string of the molecule is Nc1ccccc1C(=O)NI. The lowest BCUT2D eigenvalue weighted by atomic mass is 10.2. The number of benzene rings is 1. The summed E-state index contributed by atoms with van der Waals surface area (Å²) in [6.45, 7) is 0. The lowest BCUT2D eigenvalue weighted by molar-refractivity contribution is 0.0990. The van der Waals surface area contributed by atoms with Crippen LogP contribution in [-0.2, 0) is 0 Å². The first-order valence-electron chi connectivity index (χ1n) is 3.01. The summed E-state index contributed by atoms with van der Waals surface area (Å²) in [6.07, 6.45) is 0. The van der Waals surface area contributed by atoms with Gasteiger partial charge in [0, 0.05) is 5.69 Å². The monoisotopic (exact) mass is 262 g/mol. The van der Waals surface area contributed by atoms with E-state index in [2.05, 4.69) is 3.53 Å². The van der Waals surface area contributed by atoms with E-state index in [9.17, 15) is 4.79 Å². The van der Waals surface area contributed by atoms with E-state index in [1.165, 1.54) is 0 Å². The third-order valence-electron chi connectivity index (χ3n) is 1.29. The molecule has 4 heteroatoms. The van der Waals surface area contributed by atoms with Crippen LogP contribution >= 0.6 is 22.9 Å². The minimum atomic E-state index is -0.163. The summed E-state index contributed by atoms with van der Waals surface area (Å²) >= 11 is 1.78. The molecule has 0 aliphatic carbocycles. The molecule has 1 aromatic rings. The number of nitrogens with one attached hydrogen (secondary N) is 1. The van der Waals surface area contributed by atoms with Crippen LogP contribution in [0.4, 0.5) is 5.69 Å². The van der Waals surface area contributed by atoms with Crippen molar-refractivity contribution < 1.29 is 4.79 Å². The molecule has 3 N–H and O–H groups in total. The van der Waals surface area contributed by atoms with Crippen molar-refractivity contribution in [1.29, 1.82) is 0 Å². The Balaban J connectivity index is 3.03. The van der Waals surface area contributed by atoms with Crippen LogP contribution < -0.4 is 9.26 Å². The van der Waals surface area contributed by atoms with Crippen LogP contribution in [0.3, 0.4) is 0 Å². The number of carbonyl (C=O) groups is 1. The van der Waals surface area contributed by atoms with Crippen molar-refractivity contribution in [1.82, 2.24) is 3.53 Å². The Morgan fingerprint density at radius 2 is 2.09 bits per heavy atom. The van der Waals surface area contributed by atoms with E-state index in [1.54, 1.807) is 47.1 Å². The average Bonchev–Trinajstić information content (AvgIpc) is 2.04. The number of amides is 1. The highest BCUT2D eigenvalue weighted by atomic mass is 127. The summed E-state index contributed by atoms with van der Waals surface area (Å²) in [4.78, 5) is 11.0. The maximum absolute atomic E-state index is 11.0. The van der Waals surface area contributed by atoms with Crippen LogP contribution in [-0.4, -0.2) is 5.91 Å². The summed E-state index contributed by atoms with van der Waals surface area (Å²) in [7, 11) is 0. The molecule has 0 radical (unpaired) electrons. The molecule has 0 saturated carbocycles. The Labute approximate surface area is 78.5 Å². The van der Waals surface area contributed by atoms with Crippen molar-refractivity contribution in [3.63, 3.8) is 0 Å². The molecule has 0 aromatic heterocycles. The smallest absolute Gasteiger partial charge is 0.261 e. The third kappa shape index (κ3) is 1.83. The molecule has 1 rings (SSSR count). The van der Waals surface area contributed by atoms with Gasteiger partial charge in [-0.25, -0.2) is 0 Å². The first-order valence-corrected chi connectivity index (χ1v) is 4.09. The number of hydrogen-bond acceptors (Lipinski definition) is 2. The van der Waals surface area contributed by atoms with Crippen molar-refractivity contribution in [3.05, 3.63) is 29.8 Å². The predicted octanol–water partition coefficient (Wildman–Crippen LogP) is 1.35. The zero-order chi connectivity index (χ0) is 8.27. The number of carbonyl (C=O) groups excluding carboxylic acids is 1. The lowest BCUT2D eigenvalue weighted by Gasteiger charge is -2.00. The molecule has 0 saturated heterocycles. The Morgan fingerprint density at radius 1 is 1.45 bits per heavy atom. The van der Waals surface area contributed by atoms with Crippen LogP contribution in [0.5, 0.6) is 0 Å². The highest BCUT2D eigenvalue weighted by Crippen LogP contribution is 2.09. The van der Waals surface area contributed by atoms with Crippen molar-refractivity contribution in [2.24, 2.45) is 0 Å². The molecule has 0 heterocycles.